The lowest BCUT2D eigenvalue weighted by Gasteiger charge is -2.14. The summed E-state index contributed by atoms with van der Waals surface area (Å²) in [6.07, 6.45) is 0. The lowest BCUT2D eigenvalue weighted by Crippen LogP contribution is -2.44. The Balaban J connectivity index is 0. The van der Waals surface area contributed by atoms with Crippen LogP contribution in [-0.4, -0.2) is 43.1 Å². The summed E-state index contributed by atoms with van der Waals surface area (Å²) in [7, 11) is 1.35. The monoisotopic (exact) mass is 284 g/mol. The quantitative estimate of drug-likeness (QED) is 0.523. The molecule has 0 aliphatic heterocycles. The van der Waals surface area contributed by atoms with Crippen LogP contribution in [-0.2, 0) is 14.3 Å². The van der Waals surface area contributed by atoms with Crippen molar-refractivity contribution in [3.8, 4) is 0 Å². The fourth-order valence-electron chi connectivity index (χ4n) is 0.881. The number of amides is 1. The lowest BCUT2D eigenvalue weighted by molar-refractivity contribution is -0.137. The zero-order valence-corrected chi connectivity index (χ0v) is 12.0. The van der Waals surface area contributed by atoms with Crippen molar-refractivity contribution in [3.63, 3.8) is 0 Å². The molecule has 0 saturated heterocycles. The van der Waals surface area contributed by atoms with Crippen LogP contribution in [0.5, 0.6) is 0 Å². The van der Waals surface area contributed by atoms with Crippen molar-refractivity contribution in [2.45, 2.75) is 19.9 Å². The highest BCUT2D eigenvalue weighted by Gasteiger charge is 2.16. The van der Waals surface area contributed by atoms with Gasteiger partial charge in [-0.15, -0.1) is 24.2 Å². The molecule has 0 spiro atoms. The predicted molar refractivity (Wildman–Crippen MR) is 72.4 cm³/mol. The molecule has 0 saturated carbocycles. The van der Waals surface area contributed by atoms with Crippen LogP contribution >= 0.6 is 24.2 Å². The molecule has 1 atom stereocenters. The molecular formula is C10H21ClN2O3S. The molecule has 0 fully saturated rings. The number of hydrogen-bond donors (Lipinski definition) is 2. The standard InChI is InChI=1S/C10H20N2O3S.ClH/c1-7(2)9(11)10(14)12-4-5-16-6-8(13)15-3;/h7,9H,4-6,11H2,1-3H3,(H,12,14);1H/t9-;/m0./s1. The van der Waals surface area contributed by atoms with Gasteiger partial charge in [-0.3, -0.25) is 9.59 Å². The van der Waals surface area contributed by atoms with Crippen LogP contribution in [0.1, 0.15) is 13.8 Å². The molecule has 0 heterocycles. The number of nitrogens with two attached hydrogens (primary N) is 1. The van der Waals surface area contributed by atoms with Gasteiger partial charge in [-0.2, -0.15) is 0 Å². The first kappa shape index (κ1) is 18.9. The Kier molecular flexibility index (Phi) is 11.9. The van der Waals surface area contributed by atoms with E-state index < -0.39 is 6.04 Å². The second kappa shape index (κ2) is 10.7. The third kappa shape index (κ3) is 9.26. The number of halogens is 1. The van der Waals surface area contributed by atoms with E-state index in [4.69, 9.17) is 5.73 Å². The van der Waals surface area contributed by atoms with E-state index in [1.165, 1.54) is 18.9 Å². The second-order valence-corrected chi connectivity index (χ2v) is 4.79. The van der Waals surface area contributed by atoms with Gasteiger partial charge in [-0.25, -0.2) is 0 Å². The van der Waals surface area contributed by atoms with E-state index in [9.17, 15) is 9.59 Å². The number of rotatable bonds is 7. The first-order valence-electron chi connectivity index (χ1n) is 5.17. The first-order chi connectivity index (χ1) is 7.49. The average Bonchev–Trinajstić information content (AvgIpc) is 2.26. The number of methoxy groups -OCH3 is 1. The Morgan fingerprint density at radius 2 is 2.00 bits per heavy atom. The Morgan fingerprint density at radius 3 is 2.47 bits per heavy atom. The Morgan fingerprint density at radius 1 is 1.41 bits per heavy atom. The van der Waals surface area contributed by atoms with Gasteiger partial charge in [0.15, 0.2) is 0 Å². The molecule has 0 aromatic heterocycles. The van der Waals surface area contributed by atoms with Gasteiger partial charge in [0.05, 0.1) is 18.9 Å². The highest BCUT2D eigenvalue weighted by atomic mass is 35.5. The minimum Gasteiger partial charge on any atom is -0.468 e. The zero-order valence-electron chi connectivity index (χ0n) is 10.4. The van der Waals surface area contributed by atoms with Gasteiger partial charge in [0.1, 0.15) is 0 Å². The van der Waals surface area contributed by atoms with E-state index in [1.54, 1.807) is 0 Å². The maximum absolute atomic E-state index is 11.4. The summed E-state index contributed by atoms with van der Waals surface area (Å²) in [6.45, 7) is 4.31. The fraction of sp³-hybridized carbons (Fsp3) is 0.800. The van der Waals surface area contributed by atoms with Crippen molar-refractivity contribution in [3.05, 3.63) is 0 Å². The molecule has 7 heteroatoms. The van der Waals surface area contributed by atoms with Crippen molar-refractivity contribution in [1.29, 1.82) is 0 Å². The van der Waals surface area contributed by atoms with Gasteiger partial charge in [-0.1, -0.05) is 13.8 Å². The summed E-state index contributed by atoms with van der Waals surface area (Å²) in [4.78, 5) is 22.2. The SMILES string of the molecule is COC(=O)CSCCNC(=O)[C@@H](N)C(C)C.Cl. The Labute approximate surface area is 113 Å². The minimum absolute atomic E-state index is 0. The van der Waals surface area contributed by atoms with E-state index >= 15 is 0 Å². The number of carbonyl (C=O) groups excluding carboxylic acids is 2. The van der Waals surface area contributed by atoms with Gasteiger partial charge in [0, 0.05) is 12.3 Å². The van der Waals surface area contributed by atoms with Crippen LogP contribution in [0, 0.1) is 5.92 Å². The summed E-state index contributed by atoms with van der Waals surface area (Å²) >= 11 is 1.42. The highest BCUT2D eigenvalue weighted by molar-refractivity contribution is 7.99. The molecule has 3 N–H and O–H groups in total. The number of esters is 1. The average molecular weight is 285 g/mol. The zero-order chi connectivity index (χ0) is 12.6. The van der Waals surface area contributed by atoms with Crippen molar-refractivity contribution in [1.82, 2.24) is 5.32 Å². The number of nitrogens with one attached hydrogen (secondary N) is 1. The van der Waals surface area contributed by atoms with Crippen molar-refractivity contribution in [2.75, 3.05) is 25.2 Å². The molecule has 0 rings (SSSR count). The summed E-state index contributed by atoms with van der Waals surface area (Å²) in [6, 6.07) is -0.467. The molecule has 0 unspecified atom stereocenters. The largest absolute Gasteiger partial charge is 0.468 e. The molecule has 0 aromatic carbocycles. The number of carbonyl (C=O) groups is 2. The molecule has 5 nitrogen and oxygen atoms in total. The Hall–Kier alpha value is -0.460. The lowest BCUT2D eigenvalue weighted by atomic mass is 10.1. The number of ether oxygens (including phenoxy) is 1. The van der Waals surface area contributed by atoms with Crippen LogP contribution in [0.15, 0.2) is 0 Å². The topological polar surface area (TPSA) is 81.4 Å². The van der Waals surface area contributed by atoms with Crippen molar-refractivity contribution < 1.29 is 14.3 Å². The molecule has 1 amide bonds. The fourth-order valence-corrected chi connectivity index (χ4v) is 1.56. The van der Waals surface area contributed by atoms with Crippen LogP contribution in [0.3, 0.4) is 0 Å². The Bertz CT molecular complexity index is 240. The third-order valence-electron chi connectivity index (χ3n) is 2.01. The van der Waals surface area contributed by atoms with E-state index in [0.29, 0.717) is 18.1 Å². The number of hydrogen-bond acceptors (Lipinski definition) is 5. The van der Waals surface area contributed by atoms with Crippen LogP contribution < -0.4 is 11.1 Å². The van der Waals surface area contributed by atoms with Crippen LogP contribution in [0.25, 0.3) is 0 Å². The van der Waals surface area contributed by atoms with Gasteiger partial charge in [0.2, 0.25) is 5.91 Å². The molecule has 0 aromatic rings. The molecule has 17 heavy (non-hydrogen) atoms. The minimum atomic E-state index is -0.467. The van der Waals surface area contributed by atoms with Gasteiger partial charge in [0.25, 0.3) is 0 Å². The second-order valence-electron chi connectivity index (χ2n) is 3.69. The van der Waals surface area contributed by atoms with Crippen molar-refractivity contribution in [2.24, 2.45) is 11.7 Å². The summed E-state index contributed by atoms with van der Waals surface area (Å²) < 4.78 is 4.48. The predicted octanol–water partition coefficient (Wildman–Crippen LogP) is 0.414. The van der Waals surface area contributed by atoms with E-state index in [0.717, 1.165) is 0 Å². The number of thioether (sulfide) groups is 1. The summed E-state index contributed by atoms with van der Waals surface area (Å²) in [5.74, 6) is 0.709. The van der Waals surface area contributed by atoms with Crippen LogP contribution in [0.4, 0.5) is 0 Å². The molecule has 102 valence electrons. The van der Waals surface area contributed by atoms with Gasteiger partial charge in [-0.05, 0) is 5.92 Å². The first-order valence-corrected chi connectivity index (χ1v) is 6.32. The highest BCUT2D eigenvalue weighted by Crippen LogP contribution is 2.00. The van der Waals surface area contributed by atoms with E-state index in [2.05, 4.69) is 10.1 Å². The van der Waals surface area contributed by atoms with E-state index in [-0.39, 0.29) is 30.2 Å². The van der Waals surface area contributed by atoms with Gasteiger partial charge < -0.3 is 15.8 Å². The van der Waals surface area contributed by atoms with Crippen LogP contribution in [0.2, 0.25) is 0 Å². The molecule has 0 radical (unpaired) electrons. The summed E-state index contributed by atoms with van der Waals surface area (Å²) in [5, 5.41) is 2.72. The molecule has 0 aliphatic carbocycles. The van der Waals surface area contributed by atoms with Crippen molar-refractivity contribution >= 4 is 36.0 Å². The molecule has 0 aliphatic rings. The maximum atomic E-state index is 11.4. The smallest absolute Gasteiger partial charge is 0.315 e. The van der Waals surface area contributed by atoms with E-state index in [1.807, 2.05) is 13.8 Å². The summed E-state index contributed by atoms with van der Waals surface area (Å²) in [5.41, 5.74) is 5.65. The molecular weight excluding hydrogens is 264 g/mol. The van der Waals surface area contributed by atoms with Gasteiger partial charge >= 0.3 is 5.97 Å². The normalized spacial score (nSPS) is 11.6. The molecule has 0 bridgehead atoms. The maximum Gasteiger partial charge on any atom is 0.315 e. The third-order valence-corrected chi connectivity index (χ3v) is 2.95.